The van der Waals surface area contributed by atoms with Gasteiger partial charge in [0.1, 0.15) is 12.1 Å². The molecule has 3 aromatic rings. The van der Waals surface area contributed by atoms with Crippen LogP contribution in [0, 0.1) is 0 Å². The van der Waals surface area contributed by atoms with Crippen molar-refractivity contribution >= 4 is 49.0 Å². The van der Waals surface area contributed by atoms with Crippen molar-refractivity contribution in [3.05, 3.63) is 41.7 Å². The first-order chi connectivity index (χ1) is 11.5. The molecule has 0 unspecified atom stereocenters. The van der Waals surface area contributed by atoms with Gasteiger partial charge in [0.05, 0.1) is 16.0 Å². The van der Waals surface area contributed by atoms with Crippen LogP contribution < -0.4 is 10.0 Å². The molecule has 126 valence electrons. The minimum atomic E-state index is -3.25. The summed E-state index contributed by atoms with van der Waals surface area (Å²) in [6.07, 6.45) is 1.47. The van der Waals surface area contributed by atoms with Crippen LogP contribution in [0.1, 0.15) is 0 Å². The van der Waals surface area contributed by atoms with E-state index in [1.54, 1.807) is 11.3 Å². The molecule has 0 amide bonds. The second-order valence-electron chi connectivity index (χ2n) is 5.00. The van der Waals surface area contributed by atoms with E-state index in [0.29, 0.717) is 10.8 Å². The fourth-order valence-electron chi connectivity index (χ4n) is 2.14. The summed E-state index contributed by atoms with van der Waals surface area (Å²) in [5, 5.41) is 3.76. The predicted octanol–water partition coefficient (Wildman–Crippen LogP) is 2.97. The molecule has 3 rings (SSSR count). The fourth-order valence-corrected chi connectivity index (χ4v) is 3.93. The summed E-state index contributed by atoms with van der Waals surface area (Å²) in [6, 6.07) is 9.57. The third-order valence-corrected chi connectivity index (χ3v) is 6.21. The molecular weight excluding hydrogens is 368 g/mol. The molecule has 0 fully saturated rings. The molecule has 0 saturated heterocycles. The van der Waals surface area contributed by atoms with E-state index in [-0.39, 0.29) is 12.3 Å². The van der Waals surface area contributed by atoms with E-state index < -0.39 is 10.0 Å². The van der Waals surface area contributed by atoms with Crippen molar-refractivity contribution in [1.29, 1.82) is 0 Å². The molecular formula is C15H15ClN4O2S2. The fraction of sp³-hybridized carbons (Fsp3) is 0.200. The monoisotopic (exact) mass is 382 g/mol. The third-order valence-electron chi connectivity index (χ3n) is 3.41. The highest BCUT2D eigenvalue weighted by atomic mass is 35.5. The molecule has 2 N–H and O–H groups in total. The van der Waals surface area contributed by atoms with E-state index in [1.807, 2.05) is 30.3 Å². The average Bonchev–Trinajstić information content (AvgIpc) is 3.00. The van der Waals surface area contributed by atoms with Gasteiger partial charge in [-0.2, -0.15) is 0 Å². The zero-order valence-electron chi connectivity index (χ0n) is 12.8. The smallest absolute Gasteiger partial charge is 0.213 e. The van der Waals surface area contributed by atoms with Crippen molar-refractivity contribution in [2.24, 2.45) is 0 Å². The van der Waals surface area contributed by atoms with Crippen molar-refractivity contribution in [1.82, 2.24) is 14.7 Å². The van der Waals surface area contributed by atoms with Crippen LogP contribution in [0.3, 0.4) is 0 Å². The van der Waals surface area contributed by atoms with Gasteiger partial charge in [-0.3, -0.25) is 0 Å². The van der Waals surface area contributed by atoms with Crippen molar-refractivity contribution in [3.63, 3.8) is 0 Å². The molecule has 0 atom stereocenters. The largest absolute Gasteiger partial charge is 0.368 e. The van der Waals surface area contributed by atoms with Crippen molar-refractivity contribution in [2.45, 2.75) is 0 Å². The van der Waals surface area contributed by atoms with Crippen LogP contribution in [0.4, 0.5) is 5.82 Å². The Kier molecular flexibility index (Phi) is 5.00. The number of anilines is 1. The summed E-state index contributed by atoms with van der Waals surface area (Å²) in [7, 11) is -1.85. The molecule has 6 nitrogen and oxygen atoms in total. The highest BCUT2D eigenvalue weighted by Crippen LogP contribution is 2.35. The minimum absolute atomic E-state index is 0.0234. The van der Waals surface area contributed by atoms with Crippen LogP contribution in [0.25, 0.3) is 20.7 Å². The van der Waals surface area contributed by atoms with Gasteiger partial charge in [-0.15, -0.1) is 11.3 Å². The number of fused-ring (bicyclic) bond motifs is 1. The lowest BCUT2D eigenvalue weighted by atomic mass is 10.2. The molecule has 0 aliphatic heterocycles. The summed E-state index contributed by atoms with van der Waals surface area (Å²) in [6.45, 7) is 0.267. The maximum Gasteiger partial charge on any atom is 0.213 e. The summed E-state index contributed by atoms with van der Waals surface area (Å²) in [4.78, 5) is 9.56. The molecule has 1 aromatic carbocycles. The zero-order chi connectivity index (χ0) is 17.2. The summed E-state index contributed by atoms with van der Waals surface area (Å²) in [5.74, 6) is 0.612. The van der Waals surface area contributed by atoms with Gasteiger partial charge in [0, 0.05) is 16.4 Å². The maximum absolute atomic E-state index is 11.5. The third kappa shape index (κ3) is 3.84. The average molecular weight is 383 g/mol. The molecule has 2 heterocycles. The lowest BCUT2D eigenvalue weighted by Gasteiger charge is -2.06. The number of sulfonamides is 1. The van der Waals surface area contributed by atoms with Gasteiger partial charge < -0.3 is 5.32 Å². The van der Waals surface area contributed by atoms with Gasteiger partial charge in [-0.05, 0) is 30.8 Å². The van der Waals surface area contributed by atoms with Crippen molar-refractivity contribution in [3.8, 4) is 10.4 Å². The number of benzene rings is 1. The quantitative estimate of drug-likeness (QED) is 0.684. The Morgan fingerprint density at radius 3 is 2.67 bits per heavy atom. The van der Waals surface area contributed by atoms with E-state index >= 15 is 0 Å². The molecule has 0 aliphatic carbocycles. The highest BCUT2D eigenvalue weighted by Gasteiger charge is 2.12. The van der Waals surface area contributed by atoms with Crippen LogP contribution in [-0.2, 0) is 10.0 Å². The highest BCUT2D eigenvalue weighted by molar-refractivity contribution is 7.89. The van der Waals surface area contributed by atoms with E-state index in [0.717, 1.165) is 20.7 Å². The first kappa shape index (κ1) is 17.1. The van der Waals surface area contributed by atoms with Gasteiger partial charge >= 0.3 is 0 Å². The van der Waals surface area contributed by atoms with E-state index in [4.69, 9.17) is 11.6 Å². The van der Waals surface area contributed by atoms with Gasteiger partial charge in [0.25, 0.3) is 0 Å². The number of rotatable bonds is 6. The molecule has 24 heavy (non-hydrogen) atoms. The molecule has 0 saturated carbocycles. The number of nitrogens with one attached hydrogen (secondary N) is 2. The summed E-state index contributed by atoms with van der Waals surface area (Å²) in [5.41, 5.74) is 1.87. The second kappa shape index (κ2) is 7.02. The molecule has 0 spiro atoms. The molecule has 0 radical (unpaired) electrons. The van der Waals surface area contributed by atoms with Crippen molar-refractivity contribution in [2.75, 3.05) is 24.7 Å². The van der Waals surface area contributed by atoms with Crippen LogP contribution in [0.15, 0.2) is 36.7 Å². The van der Waals surface area contributed by atoms with E-state index in [1.165, 1.54) is 13.4 Å². The zero-order valence-corrected chi connectivity index (χ0v) is 15.2. The number of nitrogens with zero attached hydrogens (tertiary/aromatic N) is 2. The Labute approximate surface area is 149 Å². The number of hydrogen-bond acceptors (Lipinski definition) is 6. The standard InChI is InChI=1S/C15H15ClN4O2S2/c1-17-24(21,22)7-6-18-15-14-12(19-9-20-15)8-13(23-14)10-2-4-11(16)5-3-10/h2-5,8-9,17H,6-7H2,1H3,(H,18,19,20). The molecule has 0 aliphatic rings. The first-order valence-electron chi connectivity index (χ1n) is 7.14. The minimum Gasteiger partial charge on any atom is -0.368 e. The Bertz CT molecular complexity index is 955. The maximum atomic E-state index is 11.5. The summed E-state index contributed by atoms with van der Waals surface area (Å²) >= 11 is 7.48. The molecule has 0 bridgehead atoms. The van der Waals surface area contributed by atoms with Gasteiger partial charge in [0.15, 0.2) is 0 Å². The SMILES string of the molecule is CNS(=O)(=O)CCNc1ncnc2cc(-c3ccc(Cl)cc3)sc12. The van der Waals surface area contributed by atoms with Gasteiger partial charge in [-0.25, -0.2) is 23.1 Å². The van der Waals surface area contributed by atoms with Crippen LogP contribution >= 0.6 is 22.9 Å². The first-order valence-corrected chi connectivity index (χ1v) is 9.99. The van der Waals surface area contributed by atoms with Crippen LogP contribution in [0.5, 0.6) is 0 Å². The number of aromatic nitrogens is 2. The number of halogens is 1. The van der Waals surface area contributed by atoms with Gasteiger partial charge in [-0.1, -0.05) is 23.7 Å². The Balaban J connectivity index is 1.86. The Hall–Kier alpha value is -1.74. The predicted molar refractivity (Wildman–Crippen MR) is 99.2 cm³/mol. The van der Waals surface area contributed by atoms with Crippen molar-refractivity contribution < 1.29 is 8.42 Å². The molecule has 9 heteroatoms. The number of hydrogen-bond donors (Lipinski definition) is 2. The lowest BCUT2D eigenvalue weighted by molar-refractivity contribution is 0.588. The second-order valence-corrected chi connectivity index (χ2v) is 8.54. The Morgan fingerprint density at radius 2 is 1.96 bits per heavy atom. The normalized spacial score (nSPS) is 11.8. The number of thiophene rings is 1. The topological polar surface area (TPSA) is 84.0 Å². The Morgan fingerprint density at radius 1 is 1.21 bits per heavy atom. The summed E-state index contributed by atoms with van der Waals surface area (Å²) < 4.78 is 26.1. The van der Waals surface area contributed by atoms with Crippen LogP contribution in [-0.4, -0.2) is 37.7 Å². The van der Waals surface area contributed by atoms with Crippen LogP contribution in [0.2, 0.25) is 5.02 Å². The van der Waals surface area contributed by atoms with E-state index in [2.05, 4.69) is 20.0 Å². The molecule has 2 aromatic heterocycles. The lowest BCUT2D eigenvalue weighted by Crippen LogP contribution is -2.26. The van der Waals surface area contributed by atoms with E-state index in [9.17, 15) is 8.42 Å². The van der Waals surface area contributed by atoms with Gasteiger partial charge in [0.2, 0.25) is 10.0 Å².